The van der Waals surface area contributed by atoms with Gasteiger partial charge in [-0.3, -0.25) is 14.6 Å². The number of benzene rings is 1. The largest absolute Gasteiger partial charge is 0.447 e. The zero-order valence-corrected chi connectivity index (χ0v) is 18.5. The maximum atomic E-state index is 12.9. The summed E-state index contributed by atoms with van der Waals surface area (Å²) in [5.74, 6) is 0.302. The fraction of sp³-hybridized carbons (Fsp3) is 0.565. The summed E-state index contributed by atoms with van der Waals surface area (Å²) in [5.41, 5.74) is 0.406. The highest BCUT2D eigenvalue weighted by Crippen LogP contribution is 2.29. The molecule has 0 N–H and O–H groups in total. The Morgan fingerprint density at radius 1 is 1.03 bits per heavy atom. The van der Waals surface area contributed by atoms with Crippen LogP contribution in [-0.4, -0.2) is 78.1 Å². The van der Waals surface area contributed by atoms with Crippen molar-refractivity contribution in [3.05, 3.63) is 53.2 Å². The second-order valence-electron chi connectivity index (χ2n) is 8.49. The number of morpholine rings is 1. The van der Waals surface area contributed by atoms with Gasteiger partial charge in [0.15, 0.2) is 5.69 Å². The maximum Gasteiger partial charge on any atom is 0.416 e. The number of ether oxygens (including phenoxy) is 1. The van der Waals surface area contributed by atoms with Gasteiger partial charge in [0.2, 0.25) is 5.89 Å². The number of alkyl halides is 3. The van der Waals surface area contributed by atoms with E-state index in [0.29, 0.717) is 44.4 Å². The smallest absolute Gasteiger partial charge is 0.416 e. The molecule has 1 amide bonds. The molecule has 0 spiro atoms. The summed E-state index contributed by atoms with van der Waals surface area (Å²) in [7, 11) is 0. The number of oxazole rings is 1. The number of likely N-dealkylation sites (tertiary alicyclic amines) is 1. The normalized spacial score (nSPS) is 17.8. The zero-order chi connectivity index (χ0) is 23.3. The van der Waals surface area contributed by atoms with Crippen molar-refractivity contribution in [1.82, 2.24) is 19.7 Å². The third-order valence-corrected chi connectivity index (χ3v) is 6.05. The minimum Gasteiger partial charge on any atom is -0.447 e. The van der Waals surface area contributed by atoms with Crippen LogP contribution in [-0.2, 0) is 24.0 Å². The Morgan fingerprint density at radius 2 is 1.73 bits per heavy atom. The molecule has 1 aromatic heterocycles. The Labute approximate surface area is 191 Å². The van der Waals surface area contributed by atoms with E-state index in [1.807, 2.05) is 0 Å². The summed E-state index contributed by atoms with van der Waals surface area (Å²) in [5, 5.41) is 0. The molecule has 2 aromatic rings. The summed E-state index contributed by atoms with van der Waals surface area (Å²) in [6.45, 7) is 6.84. The first kappa shape index (κ1) is 23.7. The zero-order valence-electron chi connectivity index (χ0n) is 18.5. The Kier molecular flexibility index (Phi) is 7.67. The molecule has 2 saturated heterocycles. The molecule has 0 saturated carbocycles. The van der Waals surface area contributed by atoms with Gasteiger partial charge in [-0.1, -0.05) is 12.1 Å². The second kappa shape index (κ2) is 10.7. The van der Waals surface area contributed by atoms with E-state index in [9.17, 15) is 18.0 Å². The van der Waals surface area contributed by atoms with Gasteiger partial charge in [0.05, 0.1) is 25.3 Å². The Balaban J connectivity index is 1.42. The summed E-state index contributed by atoms with van der Waals surface area (Å²) < 4.78 is 49.7. The molecule has 0 aliphatic carbocycles. The topological polar surface area (TPSA) is 62.1 Å². The first-order valence-corrected chi connectivity index (χ1v) is 11.3. The Morgan fingerprint density at radius 3 is 2.39 bits per heavy atom. The minimum atomic E-state index is -4.36. The lowest BCUT2D eigenvalue weighted by Crippen LogP contribution is -2.41. The van der Waals surface area contributed by atoms with Crippen molar-refractivity contribution < 1.29 is 27.1 Å². The quantitative estimate of drug-likeness (QED) is 0.595. The van der Waals surface area contributed by atoms with Crippen LogP contribution < -0.4 is 0 Å². The highest BCUT2D eigenvalue weighted by atomic mass is 19.4. The highest BCUT2D eigenvalue weighted by molar-refractivity contribution is 5.92. The Hall–Kier alpha value is -2.43. The van der Waals surface area contributed by atoms with Crippen LogP contribution in [0.2, 0.25) is 0 Å². The molecule has 2 aliphatic heterocycles. The van der Waals surface area contributed by atoms with Crippen LogP contribution in [0.1, 0.15) is 40.3 Å². The maximum absolute atomic E-state index is 12.9. The molecule has 1 aromatic carbocycles. The fourth-order valence-electron chi connectivity index (χ4n) is 4.13. The second-order valence-corrected chi connectivity index (χ2v) is 8.49. The van der Waals surface area contributed by atoms with Gasteiger partial charge < -0.3 is 14.1 Å². The van der Waals surface area contributed by atoms with E-state index >= 15 is 0 Å². The predicted molar refractivity (Wildman–Crippen MR) is 114 cm³/mol. The molecule has 4 rings (SSSR count). The highest BCUT2D eigenvalue weighted by Gasteiger charge is 2.30. The van der Waals surface area contributed by atoms with Crippen molar-refractivity contribution >= 4 is 5.91 Å². The van der Waals surface area contributed by atoms with Gasteiger partial charge in [-0.15, -0.1) is 0 Å². The van der Waals surface area contributed by atoms with Crippen LogP contribution in [0, 0.1) is 0 Å². The standard InChI is InChI=1S/C23H29F3N4O3/c24-23(25,26)19-5-3-18(4-6-19)15-29(10-9-28-11-13-32-14-12-28)16-21-27-20(17-33-21)22(31)30-7-1-2-8-30/h3-6,17H,1-2,7-16H2. The molecule has 0 radical (unpaired) electrons. The molecule has 0 unspecified atom stereocenters. The number of halogens is 3. The average Bonchev–Trinajstić information content (AvgIpc) is 3.50. The van der Waals surface area contributed by atoms with Gasteiger partial charge in [0.1, 0.15) is 6.26 Å². The monoisotopic (exact) mass is 466 g/mol. The van der Waals surface area contributed by atoms with E-state index in [0.717, 1.165) is 63.3 Å². The molecule has 2 fully saturated rings. The summed E-state index contributed by atoms with van der Waals surface area (Å²) in [4.78, 5) is 23.1. The molecule has 0 bridgehead atoms. The predicted octanol–water partition coefficient (Wildman–Crippen LogP) is 3.26. The average molecular weight is 467 g/mol. The van der Waals surface area contributed by atoms with Gasteiger partial charge in [-0.05, 0) is 30.5 Å². The van der Waals surface area contributed by atoms with Gasteiger partial charge in [0.25, 0.3) is 5.91 Å². The van der Waals surface area contributed by atoms with Crippen LogP contribution in [0.4, 0.5) is 13.2 Å². The first-order chi connectivity index (χ1) is 15.9. The van der Waals surface area contributed by atoms with Crippen LogP contribution in [0.15, 0.2) is 34.9 Å². The van der Waals surface area contributed by atoms with Crippen LogP contribution >= 0.6 is 0 Å². The van der Waals surface area contributed by atoms with E-state index in [2.05, 4.69) is 14.8 Å². The van der Waals surface area contributed by atoms with E-state index in [1.165, 1.54) is 18.4 Å². The summed E-state index contributed by atoms with van der Waals surface area (Å²) >= 11 is 0. The van der Waals surface area contributed by atoms with E-state index in [4.69, 9.17) is 9.15 Å². The number of rotatable bonds is 8. The lowest BCUT2D eigenvalue weighted by atomic mass is 10.1. The van der Waals surface area contributed by atoms with Gasteiger partial charge in [0, 0.05) is 45.8 Å². The SMILES string of the molecule is O=C(c1coc(CN(CCN2CCOCC2)Cc2ccc(C(F)(F)F)cc2)n1)N1CCCC1. The van der Waals surface area contributed by atoms with E-state index in [-0.39, 0.29) is 5.91 Å². The van der Waals surface area contributed by atoms with Crippen molar-refractivity contribution in [2.45, 2.75) is 32.1 Å². The van der Waals surface area contributed by atoms with Crippen molar-refractivity contribution in [1.29, 1.82) is 0 Å². The molecule has 180 valence electrons. The number of amides is 1. The lowest BCUT2D eigenvalue weighted by molar-refractivity contribution is -0.137. The summed E-state index contributed by atoms with van der Waals surface area (Å²) in [6.07, 6.45) is -0.961. The molecule has 7 nitrogen and oxygen atoms in total. The van der Waals surface area contributed by atoms with E-state index < -0.39 is 11.7 Å². The number of carbonyl (C=O) groups is 1. The van der Waals surface area contributed by atoms with Gasteiger partial charge in [-0.2, -0.15) is 13.2 Å². The molecule has 33 heavy (non-hydrogen) atoms. The van der Waals surface area contributed by atoms with Crippen LogP contribution in [0.5, 0.6) is 0 Å². The third-order valence-electron chi connectivity index (χ3n) is 6.05. The number of nitrogens with zero attached hydrogens (tertiary/aromatic N) is 4. The fourth-order valence-corrected chi connectivity index (χ4v) is 4.13. The molecular formula is C23H29F3N4O3. The minimum absolute atomic E-state index is 0.120. The number of carbonyl (C=O) groups excluding carboxylic acids is 1. The van der Waals surface area contributed by atoms with Crippen molar-refractivity contribution in [3.8, 4) is 0 Å². The molecular weight excluding hydrogens is 437 g/mol. The third kappa shape index (κ3) is 6.55. The van der Waals surface area contributed by atoms with Crippen molar-refractivity contribution in [3.63, 3.8) is 0 Å². The van der Waals surface area contributed by atoms with Crippen LogP contribution in [0.25, 0.3) is 0 Å². The first-order valence-electron chi connectivity index (χ1n) is 11.3. The molecule has 2 aliphatic rings. The number of hydrogen-bond acceptors (Lipinski definition) is 6. The van der Waals surface area contributed by atoms with Crippen molar-refractivity contribution in [2.75, 3.05) is 52.5 Å². The summed E-state index contributed by atoms with van der Waals surface area (Å²) in [6, 6.07) is 5.21. The van der Waals surface area contributed by atoms with E-state index in [1.54, 1.807) is 4.90 Å². The lowest BCUT2D eigenvalue weighted by Gasteiger charge is -2.29. The van der Waals surface area contributed by atoms with Gasteiger partial charge in [-0.25, -0.2) is 4.98 Å². The molecule has 3 heterocycles. The Bertz CT molecular complexity index is 904. The number of hydrogen-bond donors (Lipinski definition) is 0. The van der Waals surface area contributed by atoms with Gasteiger partial charge >= 0.3 is 6.18 Å². The molecule has 0 atom stereocenters. The number of aromatic nitrogens is 1. The van der Waals surface area contributed by atoms with Crippen LogP contribution in [0.3, 0.4) is 0 Å². The van der Waals surface area contributed by atoms with Crippen molar-refractivity contribution in [2.24, 2.45) is 0 Å². The molecule has 10 heteroatoms.